The molecule has 1 aromatic rings. The molecule has 2 rings (SSSR count). The van der Waals surface area contributed by atoms with E-state index in [0.717, 1.165) is 31.7 Å². The van der Waals surface area contributed by atoms with E-state index in [4.69, 9.17) is 0 Å². The van der Waals surface area contributed by atoms with E-state index in [1.54, 1.807) is 12.1 Å². The van der Waals surface area contributed by atoms with Crippen LogP contribution in [0.2, 0.25) is 0 Å². The van der Waals surface area contributed by atoms with E-state index in [-0.39, 0.29) is 11.9 Å². The molecule has 0 spiro atoms. The van der Waals surface area contributed by atoms with Crippen LogP contribution in [0.4, 0.5) is 4.39 Å². The zero-order valence-electron chi connectivity index (χ0n) is 9.12. The van der Waals surface area contributed by atoms with Gasteiger partial charge in [0.25, 0.3) is 0 Å². The highest BCUT2D eigenvalue weighted by Crippen LogP contribution is 2.09. The molecule has 3 N–H and O–H groups in total. The van der Waals surface area contributed by atoms with Crippen LogP contribution in [0.3, 0.4) is 0 Å². The van der Waals surface area contributed by atoms with Gasteiger partial charge in [-0.2, -0.15) is 5.26 Å². The Kier molecular flexibility index (Phi) is 3.50. The number of benzene rings is 1. The van der Waals surface area contributed by atoms with Crippen LogP contribution in [0.5, 0.6) is 0 Å². The van der Waals surface area contributed by atoms with Gasteiger partial charge in [0.15, 0.2) is 0 Å². The van der Waals surface area contributed by atoms with Gasteiger partial charge in [0.2, 0.25) is 6.04 Å². The van der Waals surface area contributed by atoms with Gasteiger partial charge in [0.05, 0.1) is 0 Å². The third-order valence-corrected chi connectivity index (χ3v) is 3.08. The second-order valence-corrected chi connectivity index (χ2v) is 4.14. The number of hydrogen-bond donors (Lipinski definition) is 2. The van der Waals surface area contributed by atoms with Crippen molar-refractivity contribution < 1.29 is 14.6 Å². The second-order valence-electron chi connectivity index (χ2n) is 4.14. The molecule has 1 aliphatic heterocycles. The van der Waals surface area contributed by atoms with Crippen molar-refractivity contribution in [1.29, 1.82) is 5.26 Å². The second kappa shape index (κ2) is 5.06. The first kappa shape index (κ1) is 11.1. The number of hydrogen-bond acceptors (Lipinski definition) is 1. The van der Waals surface area contributed by atoms with E-state index in [2.05, 4.69) is 11.4 Å². The summed E-state index contributed by atoms with van der Waals surface area (Å²) in [7, 11) is 0. The number of nitriles is 1. The minimum absolute atomic E-state index is 0.158. The fourth-order valence-corrected chi connectivity index (χ4v) is 2.19. The predicted octanol–water partition coefficient (Wildman–Crippen LogP) is -1.15. The zero-order chi connectivity index (χ0) is 11.4. The van der Waals surface area contributed by atoms with E-state index in [1.807, 2.05) is 0 Å². The first-order valence-corrected chi connectivity index (χ1v) is 5.62. The highest BCUT2D eigenvalue weighted by Gasteiger charge is 2.26. The Morgan fingerprint density at radius 3 is 2.44 bits per heavy atom. The van der Waals surface area contributed by atoms with Crippen molar-refractivity contribution in [3.63, 3.8) is 0 Å². The highest BCUT2D eigenvalue weighted by molar-refractivity contribution is 5.22. The summed E-state index contributed by atoms with van der Waals surface area (Å²) < 4.78 is 12.8. The maximum Gasteiger partial charge on any atom is 0.201 e. The van der Waals surface area contributed by atoms with Crippen LogP contribution in [-0.2, 0) is 0 Å². The summed E-state index contributed by atoms with van der Waals surface area (Å²) in [5.41, 5.74) is 0.917. The molecule has 0 radical (unpaired) electrons. The number of quaternary nitrogens is 2. The monoisotopic (exact) mass is 221 g/mol. The van der Waals surface area contributed by atoms with E-state index in [9.17, 15) is 9.65 Å². The van der Waals surface area contributed by atoms with Crippen molar-refractivity contribution in [3.05, 3.63) is 35.6 Å². The maximum absolute atomic E-state index is 12.8. The number of halogens is 1. The van der Waals surface area contributed by atoms with Gasteiger partial charge in [-0.25, -0.2) is 4.39 Å². The minimum atomic E-state index is -0.248. The van der Waals surface area contributed by atoms with Gasteiger partial charge in [-0.05, 0) is 24.3 Å². The molecule has 16 heavy (non-hydrogen) atoms. The van der Waals surface area contributed by atoms with Crippen LogP contribution in [0.25, 0.3) is 0 Å². The Bertz CT molecular complexity index is 376. The van der Waals surface area contributed by atoms with Gasteiger partial charge in [0.1, 0.15) is 38.1 Å². The molecule has 4 heteroatoms. The van der Waals surface area contributed by atoms with Crippen molar-refractivity contribution >= 4 is 0 Å². The van der Waals surface area contributed by atoms with Crippen LogP contribution in [0.15, 0.2) is 24.3 Å². The summed E-state index contributed by atoms with van der Waals surface area (Å²) >= 11 is 0. The van der Waals surface area contributed by atoms with Gasteiger partial charge in [-0.3, -0.25) is 0 Å². The van der Waals surface area contributed by atoms with E-state index < -0.39 is 0 Å². The van der Waals surface area contributed by atoms with Crippen LogP contribution < -0.4 is 10.2 Å². The van der Waals surface area contributed by atoms with E-state index in [0.29, 0.717) is 0 Å². The number of rotatable bonds is 2. The first-order chi connectivity index (χ1) is 7.81. The Hall–Kier alpha value is -1.44. The summed E-state index contributed by atoms with van der Waals surface area (Å²) in [6.45, 7) is 4.12. The predicted molar refractivity (Wildman–Crippen MR) is 57.1 cm³/mol. The van der Waals surface area contributed by atoms with Crippen molar-refractivity contribution in [2.45, 2.75) is 6.04 Å². The zero-order valence-corrected chi connectivity index (χ0v) is 9.12. The van der Waals surface area contributed by atoms with Gasteiger partial charge < -0.3 is 10.2 Å². The quantitative estimate of drug-likeness (QED) is 0.651. The Balaban J connectivity index is 2.15. The molecular weight excluding hydrogens is 205 g/mol. The largest absolute Gasteiger partial charge is 0.337 e. The number of nitrogens with two attached hydrogens (primary N) is 1. The topological polar surface area (TPSA) is 44.8 Å². The molecule has 0 aromatic heterocycles. The van der Waals surface area contributed by atoms with Crippen LogP contribution in [0, 0.1) is 17.1 Å². The van der Waals surface area contributed by atoms with Gasteiger partial charge in [0, 0.05) is 5.56 Å². The summed E-state index contributed by atoms with van der Waals surface area (Å²) in [6.07, 6.45) is 0. The lowest BCUT2D eigenvalue weighted by molar-refractivity contribution is -0.965. The molecule has 0 unspecified atom stereocenters. The average molecular weight is 221 g/mol. The van der Waals surface area contributed by atoms with Crippen LogP contribution >= 0.6 is 0 Å². The molecule has 1 fully saturated rings. The van der Waals surface area contributed by atoms with Gasteiger partial charge in [-0.15, -0.1) is 0 Å². The lowest BCUT2D eigenvalue weighted by Gasteiger charge is -2.26. The fourth-order valence-electron chi connectivity index (χ4n) is 2.19. The SMILES string of the molecule is N#C[C@H](c1ccc(F)cc1)[NH+]1CC[NH2+]CC1. The summed E-state index contributed by atoms with van der Waals surface area (Å²) in [5.74, 6) is -0.248. The smallest absolute Gasteiger partial charge is 0.201 e. The molecule has 1 aromatic carbocycles. The number of piperazine rings is 1. The minimum Gasteiger partial charge on any atom is -0.337 e. The first-order valence-electron chi connectivity index (χ1n) is 5.62. The summed E-state index contributed by atoms with van der Waals surface area (Å²) in [5, 5.41) is 11.5. The van der Waals surface area contributed by atoms with Crippen molar-refractivity contribution in [2.75, 3.05) is 26.2 Å². The standard InChI is InChI=1S/C12H14FN3/c13-11-3-1-10(2-4-11)12(9-14)16-7-5-15-6-8-16/h1-4,12,15H,5-8H2/p+2/t12-/m1/s1. The molecule has 3 nitrogen and oxygen atoms in total. The van der Waals surface area contributed by atoms with Crippen LogP contribution in [-0.4, -0.2) is 26.2 Å². The lowest BCUT2D eigenvalue weighted by atomic mass is 10.1. The normalized spacial score (nSPS) is 19.0. The fraction of sp³-hybridized carbons (Fsp3) is 0.417. The number of nitrogens with zero attached hydrogens (tertiary/aromatic N) is 1. The van der Waals surface area contributed by atoms with Gasteiger partial charge in [-0.1, -0.05) is 0 Å². The van der Waals surface area contributed by atoms with Crippen molar-refractivity contribution in [1.82, 2.24) is 0 Å². The maximum atomic E-state index is 12.8. The molecule has 0 aliphatic carbocycles. The molecule has 1 heterocycles. The molecule has 1 atom stereocenters. The third-order valence-electron chi connectivity index (χ3n) is 3.08. The molecule has 1 saturated heterocycles. The Morgan fingerprint density at radius 1 is 1.25 bits per heavy atom. The Morgan fingerprint density at radius 2 is 1.88 bits per heavy atom. The highest BCUT2D eigenvalue weighted by atomic mass is 19.1. The summed E-state index contributed by atoms with van der Waals surface area (Å²) in [4.78, 5) is 1.29. The van der Waals surface area contributed by atoms with Crippen molar-refractivity contribution in [3.8, 4) is 6.07 Å². The van der Waals surface area contributed by atoms with E-state index in [1.165, 1.54) is 17.0 Å². The third kappa shape index (κ3) is 2.38. The lowest BCUT2D eigenvalue weighted by Crippen LogP contribution is -3.20. The molecule has 84 valence electrons. The van der Waals surface area contributed by atoms with E-state index >= 15 is 0 Å². The summed E-state index contributed by atoms with van der Waals surface area (Å²) in [6, 6.07) is 8.46. The van der Waals surface area contributed by atoms with Crippen molar-refractivity contribution in [2.24, 2.45) is 0 Å². The molecule has 0 bridgehead atoms. The van der Waals surface area contributed by atoms with Crippen LogP contribution in [0.1, 0.15) is 11.6 Å². The molecule has 0 amide bonds. The molecule has 0 saturated carbocycles. The average Bonchev–Trinajstić information content (AvgIpc) is 2.34. The number of nitrogens with one attached hydrogen (secondary N) is 1. The van der Waals surface area contributed by atoms with Gasteiger partial charge >= 0.3 is 0 Å². The molecule has 1 aliphatic rings. The Labute approximate surface area is 94.5 Å². The molecular formula is C12H16FN3+2.